The molecule has 29 heavy (non-hydrogen) atoms. The van der Waals surface area contributed by atoms with E-state index in [1.165, 1.54) is 18.4 Å². The van der Waals surface area contributed by atoms with E-state index in [0.29, 0.717) is 6.54 Å². The van der Waals surface area contributed by atoms with E-state index in [1.54, 1.807) is 18.4 Å². The van der Waals surface area contributed by atoms with Gasteiger partial charge in [-0.1, -0.05) is 18.2 Å². The molecule has 0 radical (unpaired) electrons. The topological polar surface area (TPSA) is 53.0 Å². The molecule has 1 aromatic carbocycles. The average Bonchev–Trinajstić information content (AvgIpc) is 3.39. The maximum atomic E-state index is 5.66. The monoisotopic (exact) mass is 415 g/mol. The zero-order valence-corrected chi connectivity index (χ0v) is 18.8. The number of rotatable bonds is 8. The summed E-state index contributed by atoms with van der Waals surface area (Å²) in [6.45, 7) is 8.66. The van der Waals surface area contributed by atoms with Crippen molar-refractivity contribution in [1.29, 1.82) is 0 Å². The van der Waals surface area contributed by atoms with Gasteiger partial charge in [-0.2, -0.15) is 0 Å². The Balaban J connectivity index is 1.80. The highest BCUT2D eigenvalue weighted by molar-refractivity contribution is 7.09. The number of hydrogen-bond donors (Lipinski definition) is 1. The number of ether oxygens (including phenoxy) is 1. The van der Waals surface area contributed by atoms with Crippen LogP contribution in [0.4, 0.5) is 0 Å². The van der Waals surface area contributed by atoms with Gasteiger partial charge in [0.25, 0.3) is 0 Å². The van der Waals surface area contributed by atoms with Gasteiger partial charge in [0.15, 0.2) is 5.96 Å². The molecular weight excluding hydrogens is 382 g/mol. The Hall–Kier alpha value is -2.12. The lowest BCUT2D eigenvalue weighted by molar-refractivity contribution is 0.245. The predicted octanol–water partition coefficient (Wildman–Crippen LogP) is 3.69. The molecule has 1 saturated heterocycles. The fourth-order valence-electron chi connectivity index (χ4n) is 3.85. The third-order valence-electron chi connectivity index (χ3n) is 5.26. The second-order valence-corrected chi connectivity index (χ2v) is 8.47. The van der Waals surface area contributed by atoms with Crippen LogP contribution in [0.25, 0.3) is 0 Å². The van der Waals surface area contributed by atoms with Crippen LogP contribution in [0, 0.1) is 6.92 Å². The van der Waals surface area contributed by atoms with Crippen molar-refractivity contribution in [3.63, 3.8) is 0 Å². The van der Waals surface area contributed by atoms with Crippen LogP contribution in [-0.4, -0.2) is 61.1 Å². The SMILES string of the molecule is CCNC(=NCC(c1ccccc1OC)N1CCCC1)N(C)Cc1csc(C)n1. The number of nitrogens with zero attached hydrogens (tertiary/aromatic N) is 4. The van der Waals surface area contributed by atoms with Crippen LogP contribution in [0.15, 0.2) is 34.6 Å². The van der Waals surface area contributed by atoms with E-state index in [-0.39, 0.29) is 6.04 Å². The van der Waals surface area contributed by atoms with Gasteiger partial charge in [0.1, 0.15) is 5.75 Å². The van der Waals surface area contributed by atoms with Crippen molar-refractivity contribution in [1.82, 2.24) is 20.1 Å². The van der Waals surface area contributed by atoms with Crippen LogP contribution < -0.4 is 10.1 Å². The minimum absolute atomic E-state index is 0.220. The standard InChI is InChI=1S/C22H33N5OS/c1-5-23-22(26(3)15-18-16-29-17(2)25-18)24-14-20(27-12-8-9-13-27)19-10-6-7-11-21(19)28-4/h6-7,10-11,16,20H,5,8-9,12-15H2,1-4H3,(H,23,24). The van der Waals surface area contributed by atoms with E-state index in [4.69, 9.17) is 9.73 Å². The number of hydrogen-bond acceptors (Lipinski definition) is 5. The van der Waals surface area contributed by atoms with Gasteiger partial charge in [-0.25, -0.2) is 4.98 Å². The van der Waals surface area contributed by atoms with Crippen LogP contribution >= 0.6 is 11.3 Å². The van der Waals surface area contributed by atoms with E-state index >= 15 is 0 Å². The predicted molar refractivity (Wildman–Crippen MR) is 121 cm³/mol. The number of aryl methyl sites for hydroxylation is 1. The maximum Gasteiger partial charge on any atom is 0.194 e. The number of aliphatic imine (C=N–C) groups is 1. The zero-order chi connectivity index (χ0) is 20.6. The van der Waals surface area contributed by atoms with Gasteiger partial charge >= 0.3 is 0 Å². The van der Waals surface area contributed by atoms with Crippen molar-refractivity contribution >= 4 is 17.3 Å². The first-order valence-corrected chi connectivity index (χ1v) is 11.3. The Kier molecular flexibility index (Phi) is 7.89. The number of benzene rings is 1. The van der Waals surface area contributed by atoms with Crippen LogP contribution in [0.3, 0.4) is 0 Å². The van der Waals surface area contributed by atoms with Crippen LogP contribution in [0.1, 0.15) is 42.1 Å². The first kappa shape index (κ1) is 21.6. The van der Waals surface area contributed by atoms with Crippen molar-refractivity contribution in [2.75, 3.05) is 40.3 Å². The number of para-hydroxylation sites is 1. The Bertz CT molecular complexity index is 800. The van der Waals surface area contributed by atoms with Gasteiger partial charge in [0.2, 0.25) is 0 Å². The van der Waals surface area contributed by atoms with Gasteiger partial charge in [0.05, 0.1) is 36.9 Å². The number of guanidine groups is 1. The summed E-state index contributed by atoms with van der Waals surface area (Å²) in [5, 5.41) is 6.66. The normalized spacial score (nSPS) is 16.1. The lowest BCUT2D eigenvalue weighted by Gasteiger charge is -2.29. The third-order valence-corrected chi connectivity index (χ3v) is 6.08. The molecule has 1 N–H and O–H groups in total. The summed E-state index contributed by atoms with van der Waals surface area (Å²) in [7, 11) is 3.82. The number of aromatic nitrogens is 1. The van der Waals surface area contributed by atoms with E-state index < -0.39 is 0 Å². The number of likely N-dealkylation sites (tertiary alicyclic amines) is 1. The number of methoxy groups -OCH3 is 1. The van der Waals surface area contributed by atoms with E-state index in [0.717, 1.165) is 48.6 Å². The summed E-state index contributed by atoms with van der Waals surface area (Å²) in [5.74, 6) is 1.85. The highest BCUT2D eigenvalue weighted by atomic mass is 32.1. The molecule has 1 unspecified atom stereocenters. The molecule has 0 spiro atoms. The Morgan fingerprint density at radius 2 is 2.10 bits per heavy atom. The van der Waals surface area contributed by atoms with Crippen LogP contribution in [0.5, 0.6) is 5.75 Å². The number of nitrogens with one attached hydrogen (secondary N) is 1. The second kappa shape index (κ2) is 10.6. The molecule has 0 bridgehead atoms. The average molecular weight is 416 g/mol. The largest absolute Gasteiger partial charge is 0.496 e. The molecular formula is C22H33N5OS. The molecule has 0 aliphatic carbocycles. The van der Waals surface area contributed by atoms with Gasteiger partial charge in [-0.3, -0.25) is 9.89 Å². The van der Waals surface area contributed by atoms with Crippen LogP contribution in [0.2, 0.25) is 0 Å². The lowest BCUT2D eigenvalue weighted by Crippen LogP contribution is -2.39. The molecule has 7 heteroatoms. The summed E-state index contributed by atoms with van der Waals surface area (Å²) in [6, 6.07) is 8.56. The zero-order valence-electron chi connectivity index (χ0n) is 18.0. The highest BCUT2D eigenvalue weighted by Gasteiger charge is 2.26. The summed E-state index contributed by atoms with van der Waals surface area (Å²) < 4.78 is 5.66. The number of thiazole rings is 1. The van der Waals surface area contributed by atoms with Crippen LogP contribution in [-0.2, 0) is 6.54 Å². The molecule has 1 aromatic heterocycles. The fourth-order valence-corrected chi connectivity index (χ4v) is 4.45. The third kappa shape index (κ3) is 5.70. The Labute approximate surface area is 178 Å². The molecule has 2 aromatic rings. The molecule has 3 rings (SSSR count). The summed E-state index contributed by atoms with van der Waals surface area (Å²) in [6.07, 6.45) is 2.50. The Morgan fingerprint density at radius 1 is 1.34 bits per heavy atom. The van der Waals surface area contributed by atoms with Crippen molar-refractivity contribution in [2.24, 2.45) is 4.99 Å². The second-order valence-electron chi connectivity index (χ2n) is 7.41. The van der Waals surface area contributed by atoms with Crippen molar-refractivity contribution < 1.29 is 4.74 Å². The molecule has 0 amide bonds. The van der Waals surface area contributed by atoms with E-state index in [9.17, 15) is 0 Å². The van der Waals surface area contributed by atoms with Gasteiger partial charge in [-0.05, 0) is 45.8 Å². The van der Waals surface area contributed by atoms with Gasteiger partial charge in [0, 0.05) is 24.5 Å². The first-order chi connectivity index (χ1) is 14.1. The Morgan fingerprint density at radius 3 is 2.76 bits per heavy atom. The van der Waals surface area contributed by atoms with Gasteiger partial charge in [-0.15, -0.1) is 11.3 Å². The van der Waals surface area contributed by atoms with E-state index in [2.05, 4.69) is 51.6 Å². The quantitative estimate of drug-likeness (QED) is 0.526. The lowest BCUT2D eigenvalue weighted by atomic mass is 10.0. The first-order valence-electron chi connectivity index (χ1n) is 10.4. The highest BCUT2D eigenvalue weighted by Crippen LogP contribution is 2.32. The van der Waals surface area contributed by atoms with E-state index in [1.807, 2.05) is 19.1 Å². The molecule has 1 fully saturated rings. The molecule has 158 valence electrons. The van der Waals surface area contributed by atoms with Crippen molar-refractivity contribution in [3.8, 4) is 5.75 Å². The molecule has 0 saturated carbocycles. The smallest absolute Gasteiger partial charge is 0.194 e. The minimum atomic E-state index is 0.220. The molecule has 1 aliphatic rings. The fraction of sp³-hybridized carbons (Fsp3) is 0.545. The van der Waals surface area contributed by atoms with Crippen molar-refractivity contribution in [2.45, 2.75) is 39.3 Å². The minimum Gasteiger partial charge on any atom is -0.496 e. The summed E-state index contributed by atoms with van der Waals surface area (Å²) >= 11 is 1.69. The summed E-state index contributed by atoms with van der Waals surface area (Å²) in [5.41, 5.74) is 2.30. The summed E-state index contributed by atoms with van der Waals surface area (Å²) in [4.78, 5) is 14.3. The molecule has 6 nitrogen and oxygen atoms in total. The molecule has 1 atom stereocenters. The van der Waals surface area contributed by atoms with Crippen molar-refractivity contribution in [3.05, 3.63) is 45.9 Å². The van der Waals surface area contributed by atoms with Gasteiger partial charge < -0.3 is 15.0 Å². The molecule has 1 aliphatic heterocycles. The maximum absolute atomic E-state index is 5.66. The molecule has 2 heterocycles.